The maximum absolute atomic E-state index is 9.46. The highest BCUT2D eigenvalue weighted by Gasteiger charge is 2.23. The Morgan fingerprint density at radius 1 is 1.38 bits per heavy atom. The van der Waals surface area contributed by atoms with Gasteiger partial charge in [0.15, 0.2) is 0 Å². The van der Waals surface area contributed by atoms with Crippen LogP contribution >= 0.6 is 23.2 Å². The number of nitrogens with one attached hydrogen (secondary N) is 1. The lowest BCUT2D eigenvalue weighted by molar-refractivity contribution is -0.00520. The van der Waals surface area contributed by atoms with Gasteiger partial charge in [-0.05, 0) is 32.0 Å². The number of halogens is 2. The highest BCUT2D eigenvalue weighted by atomic mass is 35.5. The van der Waals surface area contributed by atoms with Crippen LogP contribution in [0.25, 0.3) is 0 Å². The number of hydrogen-bond donors (Lipinski definition) is 2. The van der Waals surface area contributed by atoms with E-state index in [4.69, 9.17) is 27.9 Å². The summed E-state index contributed by atoms with van der Waals surface area (Å²) < 4.78 is 5.74. The number of rotatable bonds is 5. The monoisotopic (exact) mass is 332 g/mol. The van der Waals surface area contributed by atoms with Gasteiger partial charge in [-0.1, -0.05) is 11.6 Å². The summed E-state index contributed by atoms with van der Waals surface area (Å²) in [5.41, 5.74) is 1.89. The Bertz CT molecular complexity index is 463. The third kappa shape index (κ3) is 4.65. The van der Waals surface area contributed by atoms with Gasteiger partial charge >= 0.3 is 0 Å². The first kappa shape index (κ1) is 16.7. The molecule has 3 atom stereocenters. The minimum Gasteiger partial charge on any atom is -0.390 e. The van der Waals surface area contributed by atoms with Crippen molar-refractivity contribution in [1.82, 2.24) is 0 Å². The molecule has 1 aromatic rings. The van der Waals surface area contributed by atoms with E-state index in [1.807, 2.05) is 18.2 Å². The molecule has 1 aromatic carbocycles. The zero-order chi connectivity index (χ0) is 15.4. The first-order chi connectivity index (χ1) is 9.99. The molecule has 3 unspecified atom stereocenters. The van der Waals surface area contributed by atoms with Gasteiger partial charge in [-0.15, -0.1) is 11.6 Å². The topological polar surface area (TPSA) is 44.7 Å². The molecule has 0 bridgehead atoms. The Morgan fingerprint density at radius 2 is 2.05 bits per heavy atom. The maximum Gasteiger partial charge on any atom is 0.0847 e. The lowest BCUT2D eigenvalue weighted by Gasteiger charge is -2.37. The fourth-order valence-electron chi connectivity index (χ4n) is 2.54. The highest BCUT2D eigenvalue weighted by Crippen LogP contribution is 2.31. The van der Waals surface area contributed by atoms with Crippen LogP contribution in [0.5, 0.6) is 0 Å². The van der Waals surface area contributed by atoms with E-state index < -0.39 is 6.10 Å². The normalized spacial score (nSPS) is 24.0. The molecule has 1 heterocycles. The lowest BCUT2D eigenvalue weighted by Crippen LogP contribution is -2.45. The van der Waals surface area contributed by atoms with Crippen molar-refractivity contribution in [3.63, 3.8) is 0 Å². The van der Waals surface area contributed by atoms with Gasteiger partial charge in [-0.3, -0.25) is 0 Å². The number of aliphatic hydroxyl groups excluding tert-OH is 1. The summed E-state index contributed by atoms with van der Waals surface area (Å²) in [6, 6.07) is 5.85. The van der Waals surface area contributed by atoms with Crippen LogP contribution in [0.4, 0.5) is 11.4 Å². The molecule has 21 heavy (non-hydrogen) atoms. The van der Waals surface area contributed by atoms with Crippen molar-refractivity contribution >= 4 is 34.6 Å². The van der Waals surface area contributed by atoms with E-state index in [0.29, 0.717) is 11.6 Å². The van der Waals surface area contributed by atoms with Crippen LogP contribution in [0.1, 0.15) is 13.8 Å². The summed E-state index contributed by atoms with van der Waals surface area (Å²) in [5, 5.41) is 13.3. The number of nitrogens with zero attached hydrogens (tertiary/aromatic N) is 1. The van der Waals surface area contributed by atoms with Crippen LogP contribution in [-0.4, -0.2) is 48.9 Å². The highest BCUT2D eigenvalue weighted by molar-refractivity contribution is 6.33. The third-order valence-electron chi connectivity index (χ3n) is 3.43. The Hall–Kier alpha value is -0.680. The molecule has 118 valence electrons. The molecule has 0 aromatic heterocycles. The second-order valence-electron chi connectivity index (χ2n) is 5.52. The molecule has 4 nitrogen and oxygen atoms in total. The summed E-state index contributed by atoms with van der Waals surface area (Å²) in [4.78, 5) is 2.25. The van der Waals surface area contributed by atoms with Gasteiger partial charge in [0.25, 0.3) is 0 Å². The van der Waals surface area contributed by atoms with Crippen molar-refractivity contribution < 1.29 is 9.84 Å². The molecule has 1 saturated heterocycles. The average molecular weight is 333 g/mol. The van der Waals surface area contributed by atoms with E-state index in [1.165, 1.54) is 0 Å². The third-order valence-corrected chi connectivity index (χ3v) is 4.09. The van der Waals surface area contributed by atoms with Crippen molar-refractivity contribution in [2.24, 2.45) is 0 Å². The van der Waals surface area contributed by atoms with Crippen LogP contribution in [0, 0.1) is 0 Å². The van der Waals surface area contributed by atoms with E-state index in [1.54, 1.807) is 0 Å². The quantitative estimate of drug-likeness (QED) is 0.813. The minimum atomic E-state index is -0.564. The molecular weight excluding hydrogens is 311 g/mol. The second kappa shape index (κ2) is 7.54. The van der Waals surface area contributed by atoms with Crippen LogP contribution in [0.2, 0.25) is 5.02 Å². The fraction of sp³-hybridized carbons (Fsp3) is 0.600. The minimum absolute atomic E-state index is 0.196. The van der Waals surface area contributed by atoms with Gasteiger partial charge in [0.1, 0.15) is 0 Å². The van der Waals surface area contributed by atoms with Gasteiger partial charge in [0.2, 0.25) is 0 Å². The Labute approximate surface area is 136 Å². The average Bonchev–Trinajstić information content (AvgIpc) is 2.43. The Balaban J connectivity index is 2.05. The number of anilines is 2. The SMILES string of the molecule is CC1CN(c2ccc(NCC(O)CCl)cc2Cl)CC(C)O1. The van der Waals surface area contributed by atoms with Crippen molar-refractivity contribution in [3.8, 4) is 0 Å². The van der Waals surface area contributed by atoms with E-state index in [2.05, 4.69) is 24.1 Å². The molecule has 2 rings (SSSR count). The summed E-state index contributed by atoms with van der Waals surface area (Å²) in [6.45, 7) is 6.22. The molecule has 6 heteroatoms. The van der Waals surface area contributed by atoms with Gasteiger partial charge in [-0.2, -0.15) is 0 Å². The molecule has 0 saturated carbocycles. The van der Waals surface area contributed by atoms with E-state index in [0.717, 1.165) is 24.5 Å². The number of alkyl halides is 1. The number of hydrogen-bond acceptors (Lipinski definition) is 4. The molecular formula is C15H22Cl2N2O2. The Morgan fingerprint density at radius 3 is 2.62 bits per heavy atom. The predicted octanol–water partition coefficient (Wildman–Crippen LogP) is 2.97. The van der Waals surface area contributed by atoms with Gasteiger partial charge < -0.3 is 20.1 Å². The molecule has 1 aliphatic rings. The number of morpholine rings is 1. The predicted molar refractivity (Wildman–Crippen MR) is 88.9 cm³/mol. The van der Waals surface area contributed by atoms with Gasteiger partial charge in [-0.25, -0.2) is 0 Å². The largest absolute Gasteiger partial charge is 0.390 e. The molecule has 0 spiro atoms. The van der Waals surface area contributed by atoms with Gasteiger partial charge in [0, 0.05) is 25.3 Å². The smallest absolute Gasteiger partial charge is 0.0847 e. The van der Waals surface area contributed by atoms with Crippen molar-refractivity contribution in [2.45, 2.75) is 32.2 Å². The fourth-order valence-corrected chi connectivity index (χ4v) is 2.95. The van der Waals surface area contributed by atoms with Crippen LogP contribution < -0.4 is 10.2 Å². The standard InChI is InChI=1S/C15H22Cl2N2O2/c1-10-8-19(9-11(2)21-10)15-4-3-12(5-14(15)17)18-7-13(20)6-16/h3-5,10-11,13,18,20H,6-9H2,1-2H3. The molecule has 2 N–H and O–H groups in total. The van der Waals surface area contributed by atoms with Crippen LogP contribution in [0.3, 0.4) is 0 Å². The first-order valence-electron chi connectivity index (χ1n) is 7.17. The zero-order valence-corrected chi connectivity index (χ0v) is 13.9. The molecule has 1 aliphatic heterocycles. The number of benzene rings is 1. The molecule has 0 radical (unpaired) electrons. The van der Waals surface area contributed by atoms with E-state index >= 15 is 0 Å². The second-order valence-corrected chi connectivity index (χ2v) is 6.23. The van der Waals surface area contributed by atoms with Crippen LogP contribution in [0.15, 0.2) is 18.2 Å². The Kier molecular flexibility index (Phi) is 5.99. The number of aliphatic hydroxyl groups is 1. The molecule has 0 aliphatic carbocycles. The maximum atomic E-state index is 9.46. The summed E-state index contributed by atoms with van der Waals surface area (Å²) in [5.74, 6) is 0.211. The summed E-state index contributed by atoms with van der Waals surface area (Å²) in [6.07, 6.45) is -0.172. The molecule has 1 fully saturated rings. The van der Waals surface area contributed by atoms with Crippen molar-refractivity contribution in [2.75, 3.05) is 35.7 Å². The van der Waals surface area contributed by atoms with E-state index in [9.17, 15) is 5.11 Å². The van der Waals surface area contributed by atoms with Gasteiger partial charge in [0.05, 0.1) is 34.9 Å². The van der Waals surface area contributed by atoms with Crippen molar-refractivity contribution in [1.29, 1.82) is 0 Å². The summed E-state index contributed by atoms with van der Waals surface area (Å²) >= 11 is 12.0. The van der Waals surface area contributed by atoms with Crippen LogP contribution in [-0.2, 0) is 4.74 Å². The lowest BCUT2D eigenvalue weighted by atomic mass is 10.2. The molecule has 0 amide bonds. The van der Waals surface area contributed by atoms with Crippen molar-refractivity contribution in [3.05, 3.63) is 23.2 Å². The first-order valence-corrected chi connectivity index (χ1v) is 8.08. The number of ether oxygens (including phenoxy) is 1. The van der Waals surface area contributed by atoms with E-state index in [-0.39, 0.29) is 18.1 Å². The summed E-state index contributed by atoms with van der Waals surface area (Å²) in [7, 11) is 0. The zero-order valence-electron chi connectivity index (χ0n) is 12.4.